The number of aliphatic hydroxyl groups excluding tert-OH is 2. The number of aliphatic carboxylic acids is 2. The van der Waals surface area contributed by atoms with Crippen molar-refractivity contribution in [2.24, 2.45) is 0 Å². The van der Waals surface area contributed by atoms with Gasteiger partial charge in [-0.1, -0.05) is 18.2 Å². The van der Waals surface area contributed by atoms with E-state index in [1.807, 2.05) is 0 Å². The summed E-state index contributed by atoms with van der Waals surface area (Å²) in [6.45, 7) is -0.0203. The van der Waals surface area contributed by atoms with Gasteiger partial charge in [0.1, 0.15) is 29.5 Å². The van der Waals surface area contributed by atoms with E-state index in [1.54, 1.807) is 6.92 Å². The molecule has 5 rings (SSSR count). The summed E-state index contributed by atoms with van der Waals surface area (Å²) < 4.78 is 17.2. The summed E-state index contributed by atoms with van der Waals surface area (Å²) in [7, 11) is 1.28. The number of phenolic OH excluding ortho intramolecular Hbond substituents is 2. The van der Waals surface area contributed by atoms with Gasteiger partial charge < -0.3 is 55.3 Å². The van der Waals surface area contributed by atoms with Crippen LogP contribution in [0.5, 0.6) is 17.2 Å². The van der Waals surface area contributed by atoms with Crippen molar-refractivity contribution in [1.29, 1.82) is 0 Å². The number of carboxylic acid groups (broad SMARTS) is 2. The van der Waals surface area contributed by atoms with Crippen molar-refractivity contribution in [3.63, 3.8) is 0 Å². The molecule has 3 aliphatic rings. The standard InChI is InChI=1S/C33H35NO15/c1-13-27(39)26(34-7-6-14(32(44)45)8-21(37)38)19(12-48-13)49-18-10-33(46,20(36)11-35)9-16-23(18)31(43)25-24(29(16)41)28(40)15-4-3-5-17(47-2)22(15)30(25)42/h3-6,13,18-19,26-27,34-35,39,41,43,46H,7-12H2,1-2H3,(H,37,38)(H,44,45). The number of Topliss-reactive ketones (excluding diaryl/α,β-unsaturated/α-hetero) is 1. The molecule has 0 spiro atoms. The number of carbonyl (C=O) groups is 5. The van der Waals surface area contributed by atoms with Gasteiger partial charge in [0, 0.05) is 41.6 Å². The van der Waals surface area contributed by atoms with Crippen molar-refractivity contribution in [2.75, 3.05) is 26.9 Å². The summed E-state index contributed by atoms with van der Waals surface area (Å²) >= 11 is 0. The van der Waals surface area contributed by atoms with E-state index in [-0.39, 0.29) is 41.2 Å². The SMILES string of the molecule is COc1cccc2c1C(=O)c1c(O)c3c(c(O)c1C2=O)CC(O)(C(=O)CO)CC3OC1COC(C)C(O)C1NCC=C(CC(=O)O)C(=O)O. The molecule has 6 unspecified atom stereocenters. The van der Waals surface area contributed by atoms with Crippen molar-refractivity contribution < 1.29 is 73.9 Å². The van der Waals surface area contributed by atoms with Crippen LogP contribution in [-0.2, 0) is 30.3 Å². The summed E-state index contributed by atoms with van der Waals surface area (Å²) in [5.74, 6) is -7.10. The van der Waals surface area contributed by atoms with Gasteiger partial charge in [-0.15, -0.1) is 0 Å². The Morgan fingerprint density at radius 1 is 1.08 bits per heavy atom. The Morgan fingerprint density at radius 2 is 1.78 bits per heavy atom. The van der Waals surface area contributed by atoms with E-state index in [0.717, 1.165) is 6.08 Å². The fourth-order valence-corrected chi connectivity index (χ4v) is 6.66. The Hall–Kier alpha value is -4.71. The predicted octanol–water partition coefficient (Wildman–Crippen LogP) is -0.230. The van der Waals surface area contributed by atoms with Crippen molar-refractivity contribution in [2.45, 2.75) is 62.2 Å². The lowest BCUT2D eigenvalue weighted by Crippen LogP contribution is -2.60. The maximum atomic E-state index is 13.9. The monoisotopic (exact) mass is 685 g/mol. The number of hydrogen-bond acceptors (Lipinski definition) is 14. The number of rotatable bonds is 11. The van der Waals surface area contributed by atoms with Gasteiger partial charge in [-0.05, 0) is 13.0 Å². The van der Waals surface area contributed by atoms with Crippen LogP contribution in [0.1, 0.15) is 68.8 Å². The van der Waals surface area contributed by atoms with Crippen LogP contribution in [-0.4, -0.2) is 122 Å². The highest BCUT2D eigenvalue weighted by molar-refractivity contribution is 6.31. The van der Waals surface area contributed by atoms with Crippen LogP contribution in [0.15, 0.2) is 29.8 Å². The van der Waals surface area contributed by atoms with Gasteiger partial charge in [-0.2, -0.15) is 0 Å². The number of fused-ring (bicyclic) bond motifs is 3. The number of methoxy groups -OCH3 is 1. The van der Waals surface area contributed by atoms with Crippen LogP contribution in [0.3, 0.4) is 0 Å². The molecule has 262 valence electrons. The topological polar surface area (TPSA) is 267 Å². The van der Waals surface area contributed by atoms with Crippen molar-refractivity contribution >= 4 is 29.3 Å². The molecular formula is C33H35NO15. The Kier molecular flexibility index (Phi) is 9.92. The quantitative estimate of drug-likeness (QED) is 0.0957. The number of phenols is 2. The predicted molar refractivity (Wildman–Crippen MR) is 164 cm³/mol. The zero-order valence-corrected chi connectivity index (χ0v) is 26.3. The van der Waals surface area contributed by atoms with E-state index in [1.165, 1.54) is 25.3 Å². The highest BCUT2D eigenvalue weighted by Gasteiger charge is 2.50. The van der Waals surface area contributed by atoms with Crippen molar-refractivity contribution in [3.05, 3.63) is 63.2 Å². The molecule has 0 radical (unpaired) electrons. The molecule has 8 N–H and O–H groups in total. The second-order valence-electron chi connectivity index (χ2n) is 12.1. The highest BCUT2D eigenvalue weighted by Crippen LogP contribution is 2.52. The third-order valence-corrected chi connectivity index (χ3v) is 9.17. The van der Waals surface area contributed by atoms with E-state index in [4.69, 9.17) is 19.3 Å². The number of benzene rings is 2. The second-order valence-corrected chi connectivity index (χ2v) is 12.1. The zero-order chi connectivity index (χ0) is 35.9. The third kappa shape index (κ3) is 6.29. The van der Waals surface area contributed by atoms with Crippen LogP contribution in [0.4, 0.5) is 0 Å². The number of nitrogens with one attached hydrogen (secondary N) is 1. The molecule has 16 heteroatoms. The minimum Gasteiger partial charge on any atom is -0.507 e. The first-order valence-corrected chi connectivity index (χ1v) is 15.2. The number of carbonyl (C=O) groups excluding carboxylic acids is 3. The normalized spacial score (nSPS) is 26.4. The summed E-state index contributed by atoms with van der Waals surface area (Å²) in [5.41, 5.74) is -4.72. The molecule has 1 saturated heterocycles. The molecule has 1 fully saturated rings. The molecule has 6 atom stereocenters. The van der Waals surface area contributed by atoms with Gasteiger partial charge in [-0.3, -0.25) is 19.2 Å². The lowest BCUT2D eigenvalue weighted by molar-refractivity contribution is -0.181. The average molecular weight is 686 g/mol. The summed E-state index contributed by atoms with van der Waals surface area (Å²) in [4.78, 5) is 63.0. The summed E-state index contributed by atoms with van der Waals surface area (Å²) in [6.07, 6.45) is -5.68. The minimum absolute atomic E-state index is 0.0358. The number of aromatic hydroxyl groups is 2. The Balaban J connectivity index is 1.59. The molecule has 2 aromatic carbocycles. The molecule has 16 nitrogen and oxygen atoms in total. The Morgan fingerprint density at radius 3 is 2.41 bits per heavy atom. The average Bonchev–Trinajstić information content (AvgIpc) is 3.06. The minimum atomic E-state index is -2.38. The number of ether oxygens (including phenoxy) is 3. The summed E-state index contributed by atoms with van der Waals surface area (Å²) in [6, 6.07) is 3.20. The first kappa shape index (κ1) is 35.6. The fourth-order valence-electron chi connectivity index (χ4n) is 6.66. The second kappa shape index (κ2) is 13.7. The molecule has 0 saturated carbocycles. The Labute approximate surface area is 278 Å². The lowest BCUT2D eigenvalue weighted by atomic mass is 9.71. The fraction of sp³-hybridized carbons (Fsp3) is 0.424. The van der Waals surface area contributed by atoms with E-state index < -0.39 is 119 Å². The summed E-state index contributed by atoms with van der Waals surface area (Å²) in [5, 5.41) is 76.7. The molecular weight excluding hydrogens is 650 g/mol. The van der Waals surface area contributed by atoms with Gasteiger partial charge in [0.15, 0.2) is 11.6 Å². The molecule has 1 heterocycles. The van der Waals surface area contributed by atoms with Crippen molar-refractivity contribution in [3.8, 4) is 17.2 Å². The number of carboxylic acids is 2. The maximum Gasteiger partial charge on any atom is 0.331 e. The molecule has 1 aliphatic heterocycles. The number of hydrogen-bond donors (Lipinski definition) is 8. The maximum absolute atomic E-state index is 13.9. The third-order valence-electron chi connectivity index (χ3n) is 9.17. The van der Waals surface area contributed by atoms with Crippen molar-refractivity contribution in [1.82, 2.24) is 5.32 Å². The molecule has 2 aromatic rings. The molecule has 2 aliphatic carbocycles. The van der Waals surface area contributed by atoms with E-state index in [0.29, 0.717) is 0 Å². The number of ketones is 3. The van der Waals surface area contributed by atoms with Crippen LogP contribution in [0, 0.1) is 0 Å². The zero-order valence-electron chi connectivity index (χ0n) is 26.3. The smallest absolute Gasteiger partial charge is 0.331 e. The van der Waals surface area contributed by atoms with Gasteiger partial charge in [-0.25, -0.2) is 4.79 Å². The van der Waals surface area contributed by atoms with E-state index in [2.05, 4.69) is 5.32 Å². The first-order chi connectivity index (χ1) is 23.1. The van der Waals surface area contributed by atoms with Crippen LogP contribution < -0.4 is 10.1 Å². The molecule has 0 aromatic heterocycles. The first-order valence-electron chi connectivity index (χ1n) is 15.2. The molecule has 0 amide bonds. The molecule has 49 heavy (non-hydrogen) atoms. The molecule has 0 bridgehead atoms. The van der Waals surface area contributed by atoms with Crippen LogP contribution >= 0.6 is 0 Å². The highest BCUT2D eigenvalue weighted by atomic mass is 16.6. The van der Waals surface area contributed by atoms with Gasteiger partial charge in [0.25, 0.3) is 0 Å². The van der Waals surface area contributed by atoms with Gasteiger partial charge in [0.2, 0.25) is 5.78 Å². The Bertz CT molecular complexity index is 1770. The largest absolute Gasteiger partial charge is 0.507 e. The van der Waals surface area contributed by atoms with Crippen LogP contribution in [0.25, 0.3) is 0 Å². The lowest BCUT2D eigenvalue weighted by Gasteiger charge is -2.44. The van der Waals surface area contributed by atoms with Gasteiger partial charge >= 0.3 is 11.9 Å². The van der Waals surface area contributed by atoms with Crippen LogP contribution in [0.2, 0.25) is 0 Å². The number of aliphatic hydroxyl groups is 3. The van der Waals surface area contributed by atoms with Gasteiger partial charge in [0.05, 0.1) is 67.3 Å². The van der Waals surface area contributed by atoms with E-state index >= 15 is 0 Å². The van der Waals surface area contributed by atoms with E-state index in [9.17, 15) is 54.6 Å².